The SMILES string of the molecule is [CH3-].[CH3-].[Co+2].c1ccc([C@H]2CC[C@H](c3ccccc3)[PH+]2CC[PH+]2[C@@H](c3ccccc3)CC[C@@H]2c2ccccc2)cc1. The van der Waals surface area contributed by atoms with Gasteiger partial charge in [0.25, 0.3) is 0 Å². The molecule has 0 aromatic heterocycles. The summed E-state index contributed by atoms with van der Waals surface area (Å²) < 4.78 is 0. The summed E-state index contributed by atoms with van der Waals surface area (Å²) in [6.45, 7) is 0. The van der Waals surface area contributed by atoms with E-state index in [-0.39, 0.29) is 31.6 Å². The van der Waals surface area contributed by atoms with Crippen molar-refractivity contribution in [3.8, 4) is 0 Å². The zero-order valence-corrected chi connectivity index (χ0v) is 26.5. The first-order valence-electron chi connectivity index (χ1n) is 13.8. The molecule has 4 atom stereocenters. The van der Waals surface area contributed by atoms with Crippen LogP contribution in [0.5, 0.6) is 0 Å². The van der Waals surface area contributed by atoms with Gasteiger partial charge >= 0.3 is 16.8 Å². The molecule has 2 aliphatic heterocycles. The zero-order chi connectivity index (χ0) is 24.2. The van der Waals surface area contributed by atoms with Crippen LogP contribution >= 0.6 is 15.8 Å². The third-order valence-electron chi connectivity index (χ3n) is 8.79. The van der Waals surface area contributed by atoms with Crippen LogP contribution in [0.25, 0.3) is 0 Å². The third kappa shape index (κ3) is 7.12. The minimum atomic E-state index is -0.564. The molecule has 0 nitrogen and oxygen atoms in total. The van der Waals surface area contributed by atoms with Crippen LogP contribution in [0.3, 0.4) is 0 Å². The number of rotatable bonds is 7. The second kappa shape index (κ2) is 15.3. The molecule has 0 bridgehead atoms. The number of hydrogen-bond donors (Lipinski definition) is 0. The first kappa shape index (κ1) is 31.8. The Morgan fingerprint density at radius 2 is 0.590 bits per heavy atom. The van der Waals surface area contributed by atoms with Gasteiger partial charge in [-0.2, -0.15) is 0 Å². The van der Waals surface area contributed by atoms with Crippen molar-refractivity contribution in [2.45, 2.75) is 48.3 Å². The molecule has 2 heterocycles. The Kier molecular flexibility index (Phi) is 12.5. The Bertz CT molecular complexity index is 1020. The van der Waals surface area contributed by atoms with Gasteiger partial charge in [0, 0.05) is 15.8 Å². The zero-order valence-electron chi connectivity index (χ0n) is 23.4. The van der Waals surface area contributed by atoms with Crippen molar-refractivity contribution in [3.63, 3.8) is 0 Å². The Morgan fingerprint density at radius 3 is 0.795 bits per heavy atom. The largest absolute Gasteiger partial charge is 2.00 e. The molecule has 4 aromatic carbocycles. The van der Waals surface area contributed by atoms with E-state index in [1.807, 2.05) is 0 Å². The van der Waals surface area contributed by atoms with Crippen LogP contribution in [0.4, 0.5) is 0 Å². The summed E-state index contributed by atoms with van der Waals surface area (Å²) in [5.74, 6) is 0. The van der Waals surface area contributed by atoms with Gasteiger partial charge in [-0.25, -0.2) is 0 Å². The molecule has 0 aliphatic carbocycles. The van der Waals surface area contributed by atoms with E-state index in [4.69, 9.17) is 0 Å². The average molecular weight is 598 g/mol. The van der Waals surface area contributed by atoms with Crippen molar-refractivity contribution in [2.75, 3.05) is 12.3 Å². The van der Waals surface area contributed by atoms with Crippen LogP contribution in [-0.2, 0) is 16.8 Å². The standard InChI is InChI=1S/C34H36P2.2CH3.Co/c1-5-13-27(14-6-1)31-21-22-32(28-15-7-2-8-16-28)35(31)25-26-36-33(29-17-9-3-10-18-29)23-24-34(36)30-19-11-4-12-20-30;;;/h1-20,31-34H,21-26H2;2*1H3;/q;2*-1;+2/p+2/t31-,32-,33-,34-;;;/m1.../s1. The summed E-state index contributed by atoms with van der Waals surface area (Å²) in [5, 5.41) is 0. The van der Waals surface area contributed by atoms with Crippen LogP contribution in [0, 0.1) is 14.9 Å². The molecule has 0 saturated carbocycles. The van der Waals surface area contributed by atoms with Crippen molar-refractivity contribution in [2.24, 2.45) is 0 Å². The van der Waals surface area contributed by atoms with Gasteiger partial charge in [0.1, 0.15) is 0 Å². The molecule has 0 spiro atoms. The maximum Gasteiger partial charge on any atom is 2.00 e. The molecular weight excluding hydrogens is 553 g/mol. The van der Waals surface area contributed by atoms with Crippen LogP contribution in [-0.4, -0.2) is 12.3 Å². The summed E-state index contributed by atoms with van der Waals surface area (Å²) in [6.07, 6.45) is 8.39. The van der Waals surface area contributed by atoms with Gasteiger partial charge in [-0.1, -0.05) is 121 Å². The first-order chi connectivity index (χ1) is 17.9. The second-order valence-corrected chi connectivity index (χ2v) is 16.7. The molecule has 2 aliphatic rings. The maximum absolute atomic E-state index is 2.41. The molecule has 0 N–H and O–H groups in total. The van der Waals surface area contributed by atoms with Crippen molar-refractivity contribution in [3.05, 3.63) is 158 Å². The molecule has 0 unspecified atom stereocenters. The predicted octanol–water partition coefficient (Wildman–Crippen LogP) is 10.9. The minimum absolute atomic E-state index is 0. The fourth-order valence-corrected chi connectivity index (χ4v) is 16.5. The molecule has 2 fully saturated rings. The van der Waals surface area contributed by atoms with Gasteiger partial charge < -0.3 is 14.9 Å². The molecule has 0 amide bonds. The van der Waals surface area contributed by atoms with Gasteiger partial charge in [0.15, 0.2) is 0 Å². The fourth-order valence-electron chi connectivity index (χ4n) is 7.14. The fraction of sp³-hybridized carbons (Fsp3) is 0.278. The summed E-state index contributed by atoms with van der Waals surface area (Å²) in [6, 6.07) is 46.0. The molecule has 6 rings (SSSR count). The van der Waals surface area contributed by atoms with Crippen LogP contribution in [0.1, 0.15) is 70.6 Å². The van der Waals surface area contributed by atoms with Crippen LogP contribution < -0.4 is 0 Å². The normalized spacial score (nSPS) is 22.9. The molecule has 2 saturated heterocycles. The quantitative estimate of drug-likeness (QED) is 0.147. The molecule has 39 heavy (non-hydrogen) atoms. The first-order valence-corrected chi connectivity index (χ1v) is 17.5. The van der Waals surface area contributed by atoms with Crippen LogP contribution in [0.2, 0.25) is 0 Å². The van der Waals surface area contributed by atoms with Gasteiger partial charge in [0.05, 0.1) is 35.0 Å². The van der Waals surface area contributed by atoms with Crippen molar-refractivity contribution < 1.29 is 16.8 Å². The van der Waals surface area contributed by atoms with E-state index in [9.17, 15) is 0 Å². The van der Waals surface area contributed by atoms with Gasteiger partial charge in [0.2, 0.25) is 0 Å². The van der Waals surface area contributed by atoms with E-state index in [2.05, 4.69) is 121 Å². The second-order valence-electron chi connectivity index (χ2n) is 10.7. The van der Waals surface area contributed by atoms with E-state index in [1.165, 1.54) is 38.0 Å². The summed E-state index contributed by atoms with van der Waals surface area (Å²) in [7, 11) is -1.13. The van der Waals surface area contributed by atoms with E-state index in [0.717, 1.165) is 22.6 Å². The monoisotopic (exact) mass is 597 g/mol. The Balaban J connectivity index is 0.00000140. The van der Waals surface area contributed by atoms with E-state index in [1.54, 1.807) is 22.3 Å². The van der Waals surface area contributed by atoms with Gasteiger partial charge in [-0.05, 0) is 47.9 Å². The molecule has 205 valence electrons. The van der Waals surface area contributed by atoms with Crippen LogP contribution in [0.15, 0.2) is 121 Å². The van der Waals surface area contributed by atoms with Gasteiger partial charge in [-0.3, -0.25) is 0 Å². The average Bonchev–Trinajstić information content (AvgIpc) is 3.58. The van der Waals surface area contributed by atoms with Gasteiger partial charge in [-0.15, -0.1) is 0 Å². The van der Waals surface area contributed by atoms with Crippen molar-refractivity contribution in [1.29, 1.82) is 0 Å². The molecule has 1 radical (unpaired) electrons. The van der Waals surface area contributed by atoms with E-state index >= 15 is 0 Å². The number of hydrogen-bond acceptors (Lipinski definition) is 0. The Morgan fingerprint density at radius 1 is 0.385 bits per heavy atom. The summed E-state index contributed by atoms with van der Waals surface area (Å²) >= 11 is 0. The topological polar surface area (TPSA) is 0 Å². The van der Waals surface area contributed by atoms with Crippen molar-refractivity contribution in [1.82, 2.24) is 0 Å². The third-order valence-corrected chi connectivity index (χ3v) is 17.0. The molecule has 4 aromatic rings. The Hall–Kier alpha value is -1.75. The summed E-state index contributed by atoms with van der Waals surface area (Å²) in [5.41, 5.74) is 9.57. The predicted molar refractivity (Wildman–Crippen MR) is 174 cm³/mol. The maximum atomic E-state index is 2.41. The minimum Gasteiger partial charge on any atom is -0.358 e. The summed E-state index contributed by atoms with van der Waals surface area (Å²) in [4.78, 5) is 0. The Labute approximate surface area is 250 Å². The molecular formula is C36H44CoP2+2. The van der Waals surface area contributed by atoms with E-state index < -0.39 is 15.8 Å². The number of benzene rings is 4. The smallest absolute Gasteiger partial charge is 0.358 e. The molecule has 3 heteroatoms. The van der Waals surface area contributed by atoms with Crippen molar-refractivity contribution >= 4 is 15.8 Å². The van der Waals surface area contributed by atoms with E-state index in [0.29, 0.717) is 0 Å².